The molecule has 1 aliphatic carbocycles. The number of likely N-dealkylation sites (tertiary alicyclic amines) is 1. The molecule has 180 valence electrons. The van der Waals surface area contributed by atoms with Crippen molar-refractivity contribution in [3.63, 3.8) is 0 Å². The highest BCUT2D eigenvalue weighted by atomic mass is 32.2. The minimum Gasteiger partial charge on any atom is -0.495 e. The minimum atomic E-state index is -3.75. The average Bonchev–Trinajstić information content (AvgIpc) is 3.56. The predicted octanol–water partition coefficient (Wildman–Crippen LogP) is 3.63. The summed E-state index contributed by atoms with van der Waals surface area (Å²) < 4.78 is 34.2. The highest BCUT2D eigenvalue weighted by Crippen LogP contribution is 2.37. The minimum absolute atomic E-state index is 0.0213. The number of carbonyl (C=O) groups is 1. The van der Waals surface area contributed by atoms with Gasteiger partial charge in [-0.05, 0) is 69.5 Å². The van der Waals surface area contributed by atoms with Gasteiger partial charge in [0.1, 0.15) is 10.6 Å². The second-order valence-corrected chi connectivity index (χ2v) is 11.5. The van der Waals surface area contributed by atoms with Crippen molar-refractivity contribution < 1.29 is 17.9 Å². The number of methoxy groups -OCH3 is 1. The Hall–Kier alpha value is -2.01. The van der Waals surface area contributed by atoms with Crippen LogP contribution in [0.3, 0.4) is 0 Å². The van der Waals surface area contributed by atoms with Crippen LogP contribution in [-0.4, -0.2) is 57.5 Å². The Morgan fingerprint density at radius 3 is 2.64 bits per heavy atom. The van der Waals surface area contributed by atoms with E-state index < -0.39 is 10.0 Å². The smallest absolute Gasteiger partial charge is 0.244 e. The molecule has 2 heterocycles. The first-order chi connectivity index (χ1) is 15.9. The zero-order chi connectivity index (χ0) is 23.4. The van der Waals surface area contributed by atoms with Crippen LogP contribution in [0.2, 0.25) is 0 Å². The molecule has 1 saturated heterocycles. The van der Waals surface area contributed by atoms with Crippen LogP contribution >= 0.6 is 11.3 Å². The van der Waals surface area contributed by atoms with Crippen LogP contribution in [0.1, 0.15) is 44.2 Å². The Kier molecular flexibility index (Phi) is 7.68. The molecule has 2 aromatic rings. The van der Waals surface area contributed by atoms with Crippen molar-refractivity contribution in [2.24, 2.45) is 5.92 Å². The van der Waals surface area contributed by atoms with Crippen LogP contribution in [-0.2, 0) is 14.8 Å². The summed E-state index contributed by atoms with van der Waals surface area (Å²) in [5.74, 6) is 0.374. The molecule has 2 fully saturated rings. The molecule has 0 radical (unpaired) electrons. The molecule has 0 unspecified atom stereocenters. The number of amides is 1. The van der Waals surface area contributed by atoms with Gasteiger partial charge in [0.2, 0.25) is 15.9 Å². The monoisotopic (exact) mass is 492 g/mol. The first-order valence-electron chi connectivity index (χ1n) is 11.6. The maximum atomic E-state index is 13.1. The lowest BCUT2D eigenvalue weighted by atomic mass is 10.1. The lowest BCUT2D eigenvalue weighted by Gasteiger charge is -2.16. The van der Waals surface area contributed by atoms with Gasteiger partial charge < -0.3 is 15.0 Å². The second kappa shape index (κ2) is 10.5. The fourth-order valence-corrected chi connectivity index (χ4v) is 6.74. The molecule has 2 aliphatic rings. The Morgan fingerprint density at radius 1 is 1.21 bits per heavy atom. The van der Waals surface area contributed by atoms with Crippen molar-refractivity contribution in [3.8, 4) is 16.2 Å². The van der Waals surface area contributed by atoms with E-state index >= 15 is 0 Å². The van der Waals surface area contributed by atoms with Crippen molar-refractivity contribution >= 4 is 32.4 Å². The summed E-state index contributed by atoms with van der Waals surface area (Å²) in [5.41, 5.74) is 1.48. The lowest BCUT2D eigenvalue weighted by molar-refractivity contribution is -0.119. The van der Waals surface area contributed by atoms with Crippen molar-refractivity contribution in [2.45, 2.75) is 50.3 Å². The molecule has 33 heavy (non-hydrogen) atoms. The Morgan fingerprint density at radius 2 is 1.94 bits per heavy atom. The van der Waals surface area contributed by atoms with Gasteiger partial charge in [-0.15, -0.1) is 0 Å². The molecule has 0 bridgehead atoms. The molecule has 2 N–H and O–H groups in total. The first kappa shape index (κ1) is 24.1. The van der Waals surface area contributed by atoms with E-state index in [1.165, 1.54) is 31.3 Å². The average molecular weight is 493 g/mol. The number of anilines is 1. The summed E-state index contributed by atoms with van der Waals surface area (Å²) in [7, 11) is -2.28. The summed E-state index contributed by atoms with van der Waals surface area (Å²) in [6, 6.07) is 5.12. The van der Waals surface area contributed by atoms with E-state index in [1.807, 2.05) is 13.0 Å². The van der Waals surface area contributed by atoms with Gasteiger partial charge in [0.15, 0.2) is 5.13 Å². The topological polar surface area (TPSA) is 101 Å². The first-order valence-corrected chi connectivity index (χ1v) is 13.9. The van der Waals surface area contributed by atoms with Gasteiger partial charge in [0.05, 0.1) is 17.7 Å². The fourth-order valence-electron chi connectivity index (χ4n) is 4.56. The number of thiazole rings is 1. The number of nitrogens with one attached hydrogen (secondary N) is 2. The number of rotatable bonds is 9. The van der Waals surface area contributed by atoms with E-state index in [2.05, 4.69) is 19.9 Å². The highest BCUT2D eigenvalue weighted by molar-refractivity contribution is 7.89. The van der Waals surface area contributed by atoms with E-state index in [-0.39, 0.29) is 16.7 Å². The fraction of sp³-hybridized carbons (Fsp3) is 0.565. The highest BCUT2D eigenvalue weighted by Gasteiger charge is 2.25. The SMILES string of the molecule is COc1ccc(-c2sc(NC(=O)C3CCCC3)nc2C)cc1S(=O)(=O)NCCN1CCCC1. The standard InChI is InChI=1S/C23H32N4O4S2/c1-16-21(32-23(25-16)26-22(28)17-7-3-4-8-17)18-9-10-19(31-2)20(15-18)33(29,30)24-11-14-27-12-5-6-13-27/h9-10,15,17,24H,3-8,11-14H2,1-2H3,(H,25,26,28). The number of nitrogens with zero attached hydrogens (tertiary/aromatic N) is 2. The third-order valence-electron chi connectivity index (χ3n) is 6.39. The van der Waals surface area contributed by atoms with Gasteiger partial charge in [0.25, 0.3) is 0 Å². The summed E-state index contributed by atoms with van der Waals surface area (Å²) in [4.78, 5) is 20.2. The van der Waals surface area contributed by atoms with Crippen molar-refractivity contribution in [1.29, 1.82) is 0 Å². The summed E-state index contributed by atoms with van der Waals surface area (Å²) in [6.07, 6.45) is 6.37. The summed E-state index contributed by atoms with van der Waals surface area (Å²) >= 11 is 1.36. The van der Waals surface area contributed by atoms with Gasteiger partial charge >= 0.3 is 0 Å². The Bertz CT molecular complexity index is 1090. The third-order valence-corrected chi connectivity index (χ3v) is 8.99. The van der Waals surface area contributed by atoms with E-state index in [1.54, 1.807) is 12.1 Å². The molecule has 4 rings (SSSR count). The van der Waals surface area contributed by atoms with Crippen LogP contribution in [0, 0.1) is 12.8 Å². The van der Waals surface area contributed by atoms with Crippen LogP contribution in [0.15, 0.2) is 23.1 Å². The van der Waals surface area contributed by atoms with E-state index in [4.69, 9.17) is 4.74 Å². The van der Waals surface area contributed by atoms with Crippen molar-refractivity contribution in [3.05, 3.63) is 23.9 Å². The molecule has 1 aromatic heterocycles. The number of hydrogen-bond acceptors (Lipinski definition) is 7. The predicted molar refractivity (Wildman–Crippen MR) is 130 cm³/mol. The van der Waals surface area contributed by atoms with Crippen molar-refractivity contribution in [2.75, 3.05) is 38.6 Å². The molecule has 10 heteroatoms. The van der Waals surface area contributed by atoms with Crippen LogP contribution < -0.4 is 14.8 Å². The molecular weight excluding hydrogens is 460 g/mol. The van der Waals surface area contributed by atoms with Crippen molar-refractivity contribution in [1.82, 2.24) is 14.6 Å². The molecule has 1 aliphatic heterocycles. The number of carbonyl (C=O) groups excluding carboxylic acids is 1. The normalized spacial score (nSPS) is 17.5. The molecule has 1 saturated carbocycles. The molecule has 0 atom stereocenters. The molecule has 1 aromatic carbocycles. The number of ether oxygens (including phenoxy) is 1. The zero-order valence-corrected chi connectivity index (χ0v) is 20.9. The van der Waals surface area contributed by atoms with Gasteiger partial charge in [-0.3, -0.25) is 4.79 Å². The summed E-state index contributed by atoms with van der Waals surface area (Å²) in [6.45, 7) is 4.95. The van der Waals surface area contributed by atoms with E-state index in [0.29, 0.717) is 24.0 Å². The number of aromatic nitrogens is 1. The number of sulfonamides is 1. The molecule has 0 spiro atoms. The van der Waals surface area contributed by atoms with Gasteiger partial charge in [-0.25, -0.2) is 18.1 Å². The quantitative estimate of drug-likeness (QED) is 0.554. The number of benzene rings is 1. The number of hydrogen-bond donors (Lipinski definition) is 2. The van der Waals surface area contributed by atoms with Gasteiger partial charge in [-0.2, -0.15) is 0 Å². The Balaban J connectivity index is 1.52. The molecule has 1 amide bonds. The lowest BCUT2D eigenvalue weighted by Crippen LogP contribution is -2.33. The van der Waals surface area contributed by atoms with Crippen LogP contribution in [0.4, 0.5) is 5.13 Å². The van der Waals surface area contributed by atoms with Gasteiger partial charge in [-0.1, -0.05) is 24.2 Å². The molecule has 8 nitrogen and oxygen atoms in total. The maximum absolute atomic E-state index is 13.1. The Labute approximate surface area is 199 Å². The van der Waals surface area contributed by atoms with E-state index in [0.717, 1.165) is 54.9 Å². The maximum Gasteiger partial charge on any atom is 0.244 e. The van der Waals surface area contributed by atoms with Crippen LogP contribution in [0.25, 0.3) is 10.4 Å². The second-order valence-electron chi connectivity index (χ2n) is 8.72. The molecular formula is C23H32N4O4S2. The largest absolute Gasteiger partial charge is 0.495 e. The zero-order valence-electron chi connectivity index (χ0n) is 19.2. The number of aryl methyl sites for hydroxylation is 1. The third kappa shape index (κ3) is 5.74. The van der Waals surface area contributed by atoms with E-state index in [9.17, 15) is 13.2 Å². The van der Waals surface area contributed by atoms with Crippen LogP contribution in [0.5, 0.6) is 5.75 Å². The van der Waals surface area contributed by atoms with Gasteiger partial charge in [0, 0.05) is 19.0 Å². The summed E-state index contributed by atoms with van der Waals surface area (Å²) in [5, 5.41) is 3.49.